The molecule has 0 unspecified atom stereocenters. The zero-order chi connectivity index (χ0) is 20.2. The molecule has 10 heteroatoms. The Bertz CT molecular complexity index is 986. The second-order valence-electron chi connectivity index (χ2n) is 6.74. The Morgan fingerprint density at radius 2 is 2.24 bits per heavy atom. The summed E-state index contributed by atoms with van der Waals surface area (Å²) in [5.41, 5.74) is 1.24. The number of nitrogens with one attached hydrogen (secondary N) is 1. The minimum atomic E-state index is -0.256. The van der Waals surface area contributed by atoms with Crippen molar-refractivity contribution in [2.75, 3.05) is 11.9 Å². The number of carbonyl (C=O) groups is 2. The van der Waals surface area contributed by atoms with Crippen molar-refractivity contribution in [2.24, 2.45) is 0 Å². The molecule has 150 valence electrons. The number of carbonyl (C=O) groups excluding carboxylic acids is 2. The average Bonchev–Trinajstić information content (AvgIpc) is 3.48. The van der Waals surface area contributed by atoms with Crippen molar-refractivity contribution < 1.29 is 14.1 Å². The lowest BCUT2D eigenvalue weighted by Gasteiger charge is -2.24. The number of hydrogen-bond acceptors (Lipinski definition) is 8. The molecule has 0 saturated carbocycles. The number of rotatable bonds is 6. The normalized spacial score (nSPS) is 16.2. The van der Waals surface area contributed by atoms with E-state index in [2.05, 4.69) is 25.4 Å². The van der Waals surface area contributed by atoms with Gasteiger partial charge in [-0.2, -0.15) is 4.98 Å². The fourth-order valence-electron chi connectivity index (χ4n) is 3.36. The third-order valence-electron chi connectivity index (χ3n) is 4.74. The second-order valence-corrected chi connectivity index (χ2v) is 7.64. The van der Waals surface area contributed by atoms with Gasteiger partial charge in [-0.3, -0.25) is 19.9 Å². The predicted octanol–water partition coefficient (Wildman–Crippen LogP) is 2.78. The molecular weight excluding hydrogens is 392 g/mol. The van der Waals surface area contributed by atoms with Crippen LogP contribution < -0.4 is 5.32 Å². The Morgan fingerprint density at radius 3 is 2.93 bits per heavy atom. The summed E-state index contributed by atoms with van der Waals surface area (Å²) in [5.74, 6) is 0.818. The second kappa shape index (κ2) is 8.48. The lowest BCUT2D eigenvalue weighted by Crippen LogP contribution is -2.31. The maximum Gasteiger partial charge on any atom is 0.259 e. The van der Waals surface area contributed by atoms with Crippen LogP contribution in [0.2, 0.25) is 0 Å². The summed E-state index contributed by atoms with van der Waals surface area (Å²) >= 11 is 1.35. The van der Waals surface area contributed by atoms with Gasteiger partial charge in [0.05, 0.1) is 17.3 Å². The molecule has 1 saturated heterocycles. The predicted molar refractivity (Wildman–Crippen MR) is 105 cm³/mol. The van der Waals surface area contributed by atoms with Gasteiger partial charge in [0.1, 0.15) is 0 Å². The van der Waals surface area contributed by atoms with Crippen LogP contribution in [0.15, 0.2) is 34.4 Å². The maximum atomic E-state index is 12.7. The monoisotopic (exact) mass is 412 g/mol. The van der Waals surface area contributed by atoms with E-state index in [-0.39, 0.29) is 17.9 Å². The first kappa shape index (κ1) is 19.2. The van der Waals surface area contributed by atoms with E-state index in [1.165, 1.54) is 11.3 Å². The molecule has 2 amide bonds. The molecule has 9 nitrogen and oxygen atoms in total. The quantitative estimate of drug-likeness (QED) is 0.662. The molecule has 3 aromatic rings. The minimum Gasteiger partial charge on any atom is -0.339 e. The number of aromatic nitrogens is 4. The van der Waals surface area contributed by atoms with E-state index in [1.54, 1.807) is 30.8 Å². The summed E-state index contributed by atoms with van der Waals surface area (Å²) < 4.78 is 5.08. The number of amides is 2. The van der Waals surface area contributed by atoms with Crippen molar-refractivity contribution >= 4 is 28.3 Å². The summed E-state index contributed by atoms with van der Waals surface area (Å²) in [7, 11) is 0. The van der Waals surface area contributed by atoms with E-state index >= 15 is 0 Å². The highest BCUT2D eigenvalue weighted by Gasteiger charge is 2.31. The van der Waals surface area contributed by atoms with E-state index < -0.39 is 0 Å². The molecule has 0 aromatic carbocycles. The Labute approximate surface area is 171 Å². The lowest BCUT2D eigenvalue weighted by molar-refractivity contribution is -0.132. The smallest absolute Gasteiger partial charge is 0.259 e. The molecule has 0 bridgehead atoms. The SMILES string of the molecule is Cc1noc(CCC(=O)N2CCC[C@H]2c2ccc(C(=O)Nc3nccs3)cn2)n1. The van der Waals surface area contributed by atoms with Crippen LogP contribution in [-0.2, 0) is 11.2 Å². The van der Waals surface area contributed by atoms with Crippen molar-refractivity contribution in [1.29, 1.82) is 0 Å². The molecule has 0 spiro atoms. The first-order chi connectivity index (χ1) is 14.1. The largest absolute Gasteiger partial charge is 0.339 e. The average molecular weight is 412 g/mol. The Kier molecular flexibility index (Phi) is 5.61. The van der Waals surface area contributed by atoms with Crippen molar-refractivity contribution in [2.45, 2.75) is 38.6 Å². The topological polar surface area (TPSA) is 114 Å². The van der Waals surface area contributed by atoms with E-state index in [0.717, 1.165) is 18.5 Å². The molecule has 4 heterocycles. The van der Waals surface area contributed by atoms with Crippen LogP contribution in [-0.4, -0.2) is 43.4 Å². The molecule has 1 N–H and O–H groups in total. The van der Waals surface area contributed by atoms with Crippen LogP contribution in [0.4, 0.5) is 5.13 Å². The van der Waals surface area contributed by atoms with E-state index in [0.29, 0.717) is 41.8 Å². The molecule has 1 aliphatic heterocycles. The molecular formula is C19H20N6O3S. The van der Waals surface area contributed by atoms with Crippen LogP contribution in [0.5, 0.6) is 0 Å². The van der Waals surface area contributed by atoms with Gasteiger partial charge in [0, 0.05) is 37.2 Å². The van der Waals surface area contributed by atoms with Crippen LogP contribution in [0.3, 0.4) is 0 Å². The lowest BCUT2D eigenvalue weighted by atomic mass is 10.1. The van der Waals surface area contributed by atoms with Gasteiger partial charge < -0.3 is 9.42 Å². The van der Waals surface area contributed by atoms with Crippen LogP contribution in [0, 0.1) is 6.92 Å². The van der Waals surface area contributed by atoms with Gasteiger partial charge in [0.2, 0.25) is 11.8 Å². The van der Waals surface area contributed by atoms with Gasteiger partial charge in [0.15, 0.2) is 11.0 Å². The summed E-state index contributed by atoms with van der Waals surface area (Å²) in [6, 6.07) is 3.46. The highest BCUT2D eigenvalue weighted by Crippen LogP contribution is 2.31. The zero-order valence-corrected chi connectivity index (χ0v) is 16.7. The van der Waals surface area contributed by atoms with Gasteiger partial charge in [0.25, 0.3) is 5.91 Å². The van der Waals surface area contributed by atoms with Crippen molar-refractivity contribution in [3.8, 4) is 0 Å². The standard InChI is InChI=1S/C19H20N6O3S/c1-12-22-16(28-24-12)6-7-17(26)25-9-2-3-15(25)14-5-4-13(11-21-14)18(27)23-19-20-8-10-29-19/h4-5,8,10-11,15H,2-3,6-7,9H2,1H3,(H,20,23,27)/t15-/m0/s1. The van der Waals surface area contributed by atoms with Crippen LogP contribution in [0.25, 0.3) is 0 Å². The summed E-state index contributed by atoms with van der Waals surface area (Å²) in [5, 5.41) is 8.81. The van der Waals surface area contributed by atoms with Crippen molar-refractivity contribution in [3.63, 3.8) is 0 Å². The number of pyridine rings is 1. The number of nitrogens with zero attached hydrogens (tertiary/aromatic N) is 5. The number of thiazole rings is 1. The minimum absolute atomic E-state index is 0.0377. The van der Waals surface area contributed by atoms with Gasteiger partial charge in [-0.1, -0.05) is 5.16 Å². The molecule has 0 radical (unpaired) electrons. The number of aryl methyl sites for hydroxylation is 2. The molecule has 29 heavy (non-hydrogen) atoms. The fourth-order valence-corrected chi connectivity index (χ4v) is 3.89. The summed E-state index contributed by atoms with van der Waals surface area (Å²) in [6.45, 7) is 2.44. The third-order valence-corrected chi connectivity index (χ3v) is 5.43. The summed E-state index contributed by atoms with van der Waals surface area (Å²) in [4.78, 5) is 39.4. The van der Waals surface area contributed by atoms with Gasteiger partial charge in [-0.25, -0.2) is 4.98 Å². The maximum absolute atomic E-state index is 12.7. The molecule has 0 aliphatic carbocycles. The Morgan fingerprint density at radius 1 is 1.34 bits per heavy atom. The van der Waals surface area contributed by atoms with Crippen molar-refractivity contribution in [1.82, 2.24) is 25.0 Å². The summed E-state index contributed by atoms with van der Waals surface area (Å²) in [6.07, 6.45) is 5.68. The van der Waals surface area contributed by atoms with E-state index in [1.807, 2.05) is 11.0 Å². The van der Waals surface area contributed by atoms with Gasteiger partial charge in [-0.15, -0.1) is 11.3 Å². The van der Waals surface area contributed by atoms with Crippen LogP contribution in [0.1, 0.15) is 53.1 Å². The van der Waals surface area contributed by atoms with Crippen molar-refractivity contribution in [3.05, 3.63) is 52.9 Å². The van der Waals surface area contributed by atoms with E-state index in [9.17, 15) is 9.59 Å². The third kappa shape index (κ3) is 4.48. The van der Waals surface area contributed by atoms with E-state index in [4.69, 9.17) is 4.52 Å². The van der Waals surface area contributed by atoms with Gasteiger partial charge in [-0.05, 0) is 31.9 Å². The molecule has 1 fully saturated rings. The first-order valence-corrected chi connectivity index (χ1v) is 10.2. The Hall–Kier alpha value is -3.14. The molecule has 3 aromatic heterocycles. The fraction of sp³-hybridized carbons (Fsp3) is 0.368. The zero-order valence-electron chi connectivity index (χ0n) is 15.9. The highest BCUT2D eigenvalue weighted by molar-refractivity contribution is 7.13. The first-order valence-electron chi connectivity index (χ1n) is 9.35. The van der Waals surface area contributed by atoms with Gasteiger partial charge >= 0.3 is 0 Å². The van der Waals surface area contributed by atoms with Crippen LogP contribution >= 0.6 is 11.3 Å². The molecule has 1 aliphatic rings. The number of likely N-dealkylation sites (tertiary alicyclic amines) is 1. The highest BCUT2D eigenvalue weighted by atomic mass is 32.1. The number of hydrogen-bond donors (Lipinski definition) is 1. The Balaban J connectivity index is 1.38. The number of anilines is 1. The molecule has 4 rings (SSSR count). The molecule has 1 atom stereocenters.